The van der Waals surface area contributed by atoms with E-state index >= 15 is 0 Å². The highest BCUT2D eigenvalue weighted by molar-refractivity contribution is 7.71. The minimum absolute atomic E-state index is 0.333. The normalized spacial score (nSPS) is 31.1. The van der Waals surface area contributed by atoms with Crippen molar-refractivity contribution in [2.75, 3.05) is 6.61 Å². The van der Waals surface area contributed by atoms with E-state index in [2.05, 4.69) is 15.0 Å². The van der Waals surface area contributed by atoms with Crippen LogP contribution in [0.15, 0.2) is 12.7 Å². The Balaban J connectivity index is 2.06. The fourth-order valence-corrected chi connectivity index (χ4v) is 2.38. The summed E-state index contributed by atoms with van der Waals surface area (Å²) in [4.78, 5) is 10.9. The molecule has 1 aliphatic heterocycles. The molecule has 3 heterocycles. The smallest absolute Gasteiger partial charge is 0.165 e. The third-order valence-corrected chi connectivity index (χ3v) is 3.47. The lowest BCUT2D eigenvalue weighted by atomic mass is 10.1. The SMILES string of the molecule is OC[C@H]1O[C@@H](n2cnc3c(=S)nc[nH]c32)C(O)[C@H]1O. The number of nitrogens with one attached hydrogen (secondary N) is 1. The molecule has 2 aromatic heterocycles. The Labute approximate surface area is 112 Å². The predicted octanol–water partition coefficient (Wildman–Crippen LogP) is -0.900. The molecule has 1 aliphatic rings. The van der Waals surface area contributed by atoms with E-state index in [1.54, 1.807) is 0 Å². The van der Waals surface area contributed by atoms with Crippen LogP contribution in [0.3, 0.4) is 0 Å². The number of aromatic nitrogens is 4. The maximum absolute atomic E-state index is 9.97. The molecule has 0 bridgehead atoms. The zero-order valence-corrected chi connectivity index (χ0v) is 10.5. The molecule has 2 aromatic rings. The molecule has 0 amide bonds. The maximum atomic E-state index is 9.97. The highest BCUT2D eigenvalue weighted by atomic mass is 32.1. The van der Waals surface area contributed by atoms with E-state index in [-0.39, 0.29) is 6.61 Å². The van der Waals surface area contributed by atoms with Gasteiger partial charge in [-0.2, -0.15) is 0 Å². The van der Waals surface area contributed by atoms with Gasteiger partial charge in [-0.25, -0.2) is 9.97 Å². The Kier molecular flexibility index (Phi) is 3.07. The highest BCUT2D eigenvalue weighted by Crippen LogP contribution is 2.30. The van der Waals surface area contributed by atoms with Gasteiger partial charge in [-0.05, 0) is 0 Å². The summed E-state index contributed by atoms with van der Waals surface area (Å²) in [6, 6.07) is 0. The molecule has 0 spiro atoms. The van der Waals surface area contributed by atoms with Crippen LogP contribution in [0, 0.1) is 4.64 Å². The minimum Gasteiger partial charge on any atom is -0.394 e. The summed E-state index contributed by atoms with van der Waals surface area (Å²) < 4.78 is 7.28. The summed E-state index contributed by atoms with van der Waals surface area (Å²) >= 11 is 5.04. The third-order valence-electron chi connectivity index (χ3n) is 3.17. The van der Waals surface area contributed by atoms with Gasteiger partial charge in [0.15, 0.2) is 10.9 Å². The molecule has 9 heteroatoms. The van der Waals surface area contributed by atoms with Gasteiger partial charge in [0.1, 0.15) is 29.5 Å². The van der Waals surface area contributed by atoms with E-state index in [9.17, 15) is 10.2 Å². The number of hydrogen-bond acceptors (Lipinski definition) is 7. The molecule has 0 aromatic carbocycles. The second-order valence-electron chi connectivity index (χ2n) is 4.29. The van der Waals surface area contributed by atoms with Gasteiger partial charge in [0, 0.05) is 0 Å². The summed E-state index contributed by atoms with van der Waals surface area (Å²) in [6.07, 6.45) is -1.13. The van der Waals surface area contributed by atoms with E-state index < -0.39 is 24.5 Å². The lowest BCUT2D eigenvalue weighted by molar-refractivity contribution is -0.0511. The summed E-state index contributed by atoms with van der Waals surface area (Å²) in [5, 5.41) is 28.8. The topological polar surface area (TPSA) is 116 Å². The number of hydrogen-bond donors (Lipinski definition) is 4. The van der Waals surface area contributed by atoms with Gasteiger partial charge in [0.05, 0.1) is 19.3 Å². The Morgan fingerprint density at radius 2 is 2.16 bits per heavy atom. The van der Waals surface area contributed by atoms with E-state index in [0.29, 0.717) is 15.8 Å². The minimum atomic E-state index is -1.16. The van der Waals surface area contributed by atoms with Crippen LogP contribution in [0.4, 0.5) is 0 Å². The molecular formula is C10H12N4O4S. The molecule has 1 saturated heterocycles. The first-order chi connectivity index (χ1) is 9.13. The van der Waals surface area contributed by atoms with Crippen molar-refractivity contribution in [2.24, 2.45) is 0 Å². The summed E-state index contributed by atoms with van der Waals surface area (Å²) in [5.41, 5.74) is 1.02. The number of rotatable bonds is 2. The van der Waals surface area contributed by atoms with Crippen molar-refractivity contribution in [3.63, 3.8) is 0 Å². The molecule has 8 nitrogen and oxygen atoms in total. The van der Waals surface area contributed by atoms with Gasteiger partial charge in [-0.15, -0.1) is 0 Å². The first-order valence-corrected chi connectivity index (χ1v) is 6.07. The number of aliphatic hydroxyl groups excluding tert-OH is 3. The van der Waals surface area contributed by atoms with Crippen LogP contribution in [-0.2, 0) is 4.74 Å². The van der Waals surface area contributed by atoms with Gasteiger partial charge in [-0.3, -0.25) is 4.57 Å². The van der Waals surface area contributed by atoms with E-state index in [1.807, 2.05) is 0 Å². The van der Waals surface area contributed by atoms with Crippen molar-refractivity contribution < 1.29 is 20.1 Å². The Morgan fingerprint density at radius 1 is 1.37 bits per heavy atom. The zero-order valence-electron chi connectivity index (χ0n) is 9.67. The predicted molar refractivity (Wildman–Crippen MR) is 65.7 cm³/mol. The van der Waals surface area contributed by atoms with Crippen molar-refractivity contribution >= 4 is 23.4 Å². The monoisotopic (exact) mass is 284 g/mol. The summed E-state index contributed by atoms with van der Waals surface area (Å²) in [7, 11) is 0. The summed E-state index contributed by atoms with van der Waals surface area (Å²) in [6.45, 7) is -0.376. The average Bonchev–Trinajstić information content (AvgIpc) is 2.94. The number of H-pyrrole nitrogens is 1. The maximum Gasteiger partial charge on any atom is 0.165 e. The van der Waals surface area contributed by atoms with E-state index in [0.717, 1.165) is 0 Å². The number of ether oxygens (including phenoxy) is 1. The van der Waals surface area contributed by atoms with Crippen LogP contribution in [0.25, 0.3) is 11.2 Å². The number of aromatic amines is 1. The Morgan fingerprint density at radius 3 is 2.84 bits per heavy atom. The van der Waals surface area contributed by atoms with Gasteiger partial charge in [-0.1, -0.05) is 12.2 Å². The molecule has 1 fully saturated rings. The van der Waals surface area contributed by atoms with Gasteiger partial charge in [0.2, 0.25) is 0 Å². The number of imidazole rings is 1. The molecule has 4 atom stereocenters. The quantitative estimate of drug-likeness (QED) is 0.528. The van der Waals surface area contributed by atoms with Gasteiger partial charge in [0.25, 0.3) is 0 Å². The molecule has 1 unspecified atom stereocenters. The number of fused-ring (bicyclic) bond motifs is 1. The molecular weight excluding hydrogens is 272 g/mol. The second-order valence-corrected chi connectivity index (χ2v) is 4.67. The van der Waals surface area contributed by atoms with Crippen LogP contribution in [0.2, 0.25) is 0 Å². The van der Waals surface area contributed by atoms with Crippen LogP contribution in [0.5, 0.6) is 0 Å². The fourth-order valence-electron chi connectivity index (χ4n) is 2.18. The van der Waals surface area contributed by atoms with Crippen LogP contribution < -0.4 is 0 Å². The van der Waals surface area contributed by atoms with Crippen molar-refractivity contribution in [3.05, 3.63) is 17.3 Å². The number of nitrogens with zero attached hydrogens (tertiary/aromatic N) is 3. The lowest BCUT2D eigenvalue weighted by Crippen LogP contribution is -2.33. The lowest BCUT2D eigenvalue weighted by Gasteiger charge is -2.16. The molecule has 0 saturated carbocycles. The fraction of sp³-hybridized carbons (Fsp3) is 0.500. The first kappa shape index (κ1) is 12.6. The van der Waals surface area contributed by atoms with Crippen LogP contribution in [-0.4, -0.2) is 59.8 Å². The highest BCUT2D eigenvalue weighted by Gasteiger charge is 2.43. The molecule has 0 aliphatic carbocycles. The van der Waals surface area contributed by atoms with E-state index in [4.69, 9.17) is 22.1 Å². The van der Waals surface area contributed by atoms with Crippen molar-refractivity contribution in [2.45, 2.75) is 24.5 Å². The van der Waals surface area contributed by atoms with Gasteiger partial charge >= 0.3 is 0 Å². The molecule has 0 radical (unpaired) electrons. The number of aliphatic hydroxyl groups is 3. The van der Waals surface area contributed by atoms with Crippen molar-refractivity contribution in [1.29, 1.82) is 0 Å². The second kappa shape index (κ2) is 4.62. The van der Waals surface area contributed by atoms with Crippen molar-refractivity contribution in [3.8, 4) is 0 Å². The van der Waals surface area contributed by atoms with E-state index in [1.165, 1.54) is 17.2 Å². The largest absolute Gasteiger partial charge is 0.394 e. The average molecular weight is 284 g/mol. The van der Waals surface area contributed by atoms with Crippen LogP contribution >= 0.6 is 12.2 Å². The Bertz CT molecular complexity index is 656. The third kappa shape index (κ3) is 1.86. The molecule has 102 valence electrons. The van der Waals surface area contributed by atoms with Gasteiger partial charge < -0.3 is 25.0 Å². The molecule has 19 heavy (non-hydrogen) atoms. The molecule has 3 rings (SSSR count). The standard InChI is InChI=1S/C10H12N4O4S/c15-1-4-6(16)7(17)10(18-4)14-3-13-5-8(14)11-2-12-9(5)19/h2-4,6-7,10,15-17H,1H2,(H,11,12,19)/t4-,6+,7?,10-/m1/s1. The first-order valence-electron chi connectivity index (χ1n) is 5.66. The molecule has 4 N–H and O–H groups in total. The summed E-state index contributed by atoms with van der Waals surface area (Å²) in [5.74, 6) is 0. The van der Waals surface area contributed by atoms with Crippen LogP contribution in [0.1, 0.15) is 6.23 Å². The van der Waals surface area contributed by atoms with Crippen molar-refractivity contribution in [1.82, 2.24) is 19.5 Å². The zero-order chi connectivity index (χ0) is 13.6. The Hall–Kier alpha value is -1.39.